The van der Waals surface area contributed by atoms with Crippen LogP contribution in [0.15, 0.2) is 36.4 Å². The minimum atomic E-state index is -0.409. The highest BCUT2D eigenvalue weighted by atomic mass is 35.5. The number of nitrogens with zero attached hydrogens (tertiary/aromatic N) is 1. The van der Waals surface area contributed by atoms with E-state index in [-0.39, 0.29) is 5.91 Å². The summed E-state index contributed by atoms with van der Waals surface area (Å²) in [5.74, 6) is 1.07. The van der Waals surface area contributed by atoms with Gasteiger partial charge in [0.25, 0.3) is 5.91 Å². The Labute approximate surface area is 139 Å². The highest BCUT2D eigenvalue weighted by molar-refractivity contribution is 8.00. The molecule has 112 valence electrons. The van der Waals surface area contributed by atoms with Crippen LogP contribution in [0.1, 0.15) is 32.6 Å². The number of thioether (sulfide) groups is 1. The first-order valence-electron chi connectivity index (χ1n) is 7.37. The number of carbonyl (C=O) groups excluding carboxylic acids is 1. The molecule has 0 radical (unpaired) electrons. The van der Waals surface area contributed by atoms with Crippen molar-refractivity contribution in [2.75, 3.05) is 12.3 Å². The number of benzene rings is 2. The molecule has 0 N–H and O–H groups in total. The molecule has 2 heterocycles. The molecule has 22 heavy (non-hydrogen) atoms. The lowest BCUT2D eigenvalue weighted by Gasteiger charge is -2.33. The number of amides is 1. The van der Waals surface area contributed by atoms with Gasteiger partial charge in [0.1, 0.15) is 4.87 Å². The van der Waals surface area contributed by atoms with E-state index in [2.05, 4.69) is 32.0 Å². The molecule has 0 aromatic heterocycles. The Bertz CT molecular complexity index is 783. The average Bonchev–Trinajstić information content (AvgIpc) is 2.98. The lowest BCUT2D eigenvalue weighted by Crippen LogP contribution is -2.37. The van der Waals surface area contributed by atoms with E-state index in [1.165, 1.54) is 16.7 Å². The molecular formula is C18H16ClNOS. The van der Waals surface area contributed by atoms with E-state index in [1.54, 1.807) is 6.07 Å². The van der Waals surface area contributed by atoms with Gasteiger partial charge in [0.05, 0.1) is 0 Å². The van der Waals surface area contributed by atoms with Crippen LogP contribution in [-0.4, -0.2) is 23.1 Å². The molecule has 0 spiro atoms. The molecule has 2 nitrogen and oxygen atoms in total. The van der Waals surface area contributed by atoms with E-state index < -0.39 is 4.87 Å². The summed E-state index contributed by atoms with van der Waals surface area (Å²) in [7, 11) is 0. The first-order chi connectivity index (χ1) is 10.5. The molecule has 0 bridgehead atoms. The zero-order chi connectivity index (χ0) is 15.5. The topological polar surface area (TPSA) is 20.3 Å². The summed E-state index contributed by atoms with van der Waals surface area (Å²) < 4.78 is 0. The molecule has 1 amide bonds. The second-order valence-corrected chi connectivity index (χ2v) is 7.74. The molecule has 2 aliphatic heterocycles. The van der Waals surface area contributed by atoms with Gasteiger partial charge >= 0.3 is 0 Å². The second-order valence-electron chi connectivity index (χ2n) is 6.02. The molecule has 1 unspecified atom stereocenters. The molecule has 1 saturated heterocycles. The van der Waals surface area contributed by atoms with Crippen LogP contribution < -0.4 is 0 Å². The number of aryl methyl sites for hydroxylation is 2. The van der Waals surface area contributed by atoms with Crippen LogP contribution in [0.4, 0.5) is 0 Å². The molecule has 2 aromatic carbocycles. The van der Waals surface area contributed by atoms with Crippen molar-refractivity contribution in [1.29, 1.82) is 0 Å². The first kappa shape index (κ1) is 14.2. The zero-order valence-electron chi connectivity index (χ0n) is 12.5. The van der Waals surface area contributed by atoms with Crippen LogP contribution in [0.5, 0.6) is 0 Å². The van der Waals surface area contributed by atoms with Crippen LogP contribution >= 0.6 is 23.4 Å². The van der Waals surface area contributed by atoms with Gasteiger partial charge in [-0.05, 0) is 37.6 Å². The van der Waals surface area contributed by atoms with Gasteiger partial charge in [-0.2, -0.15) is 0 Å². The van der Waals surface area contributed by atoms with Gasteiger partial charge in [-0.15, -0.1) is 11.8 Å². The Balaban J connectivity index is 2.03. The molecule has 1 atom stereocenters. The van der Waals surface area contributed by atoms with Gasteiger partial charge < -0.3 is 4.90 Å². The number of fused-ring (bicyclic) bond motifs is 3. The molecule has 2 aliphatic rings. The van der Waals surface area contributed by atoms with Crippen molar-refractivity contribution in [2.24, 2.45) is 0 Å². The third-order valence-corrected chi connectivity index (χ3v) is 6.16. The van der Waals surface area contributed by atoms with Gasteiger partial charge in [-0.3, -0.25) is 4.79 Å². The lowest BCUT2D eigenvalue weighted by atomic mass is 9.94. The van der Waals surface area contributed by atoms with Crippen LogP contribution in [-0.2, 0) is 4.87 Å². The van der Waals surface area contributed by atoms with E-state index >= 15 is 0 Å². The quantitative estimate of drug-likeness (QED) is 0.774. The fourth-order valence-corrected chi connectivity index (χ4v) is 5.36. The summed E-state index contributed by atoms with van der Waals surface area (Å²) in [4.78, 5) is 14.4. The molecule has 4 heteroatoms. The zero-order valence-corrected chi connectivity index (χ0v) is 14.1. The third kappa shape index (κ3) is 1.79. The number of hydrogen-bond acceptors (Lipinski definition) is 2. The van der Waals surface area contributed by atoms with E-state index in [0.29, 0.717) is 5.02 Å². The summed E-state index contributed by atoms with van der Waals surface area (Å²) in [5.41, 5.74) is 5.45. The van der Waals surface area contributed by atoms with Crippen LogP contribution in [0, 0.1) is 13.8 Å². The van der Waals surface area contributed by atoms with E-state index in [4.69, 9.17) is 11.6 Å². The number of hydrogen-bond donors (Lipinski definition) is 0. The maximum atomic E-state index is 12.8. The van der Waals surface area contributed by atoms with Gasteiger partial charge in [-0.1, -0.05) is 40.9 Å². The van der Waals surface area contributed by atoms with Gasteiger partial charge in [0.15, 0.2) is 0 Å². The number of rotatable bonds is 1. The Morgan fingerprint density at radius 3 is 2.59 bits per heavy atom. The van der Waals surface area contributed by atoms with Gasteiger partial charge in [-0.25, -0.2) is 0 Å². The van der Waals surface area contributed by atoms with Gasteiger partial charge in [0, 0.05) is 28.4 Å². The fraction of sp³-hybridized carbons (Fsp3) is 0.278. The van der Waals surface area contributed by atoms with Crippen LogP contribution in [0.25, 0.3) is 0 Å². The predicted octanol–water partition coefficient (Wildman–Crippen LogP) is 4.36. The normalized spacial score (nSPS) is 22.9. The van der Waals surface area contributed by atoms with E-state index in [9.17, 15) is 4.79 Å². The fourth-order valence-electron chi connectivity index (χ4n) is 3.68. The van der Waals surface area contributed by atoms with Crippen molar-refractivity contribution in [2.45, 2.75) is 18.7 Å². The predicted molar refractivity (Wildman–Crippen MR) is 91.6 cm³/mol. The Morgan fingerprint density at radius 2 is 1.86 bits per heavy atom. The monoisotopic (exact) mass is 329 g/mol. The largest absolute Gasteiger partial charge is 0.315 e. The van der Waals surface area contributed by atoms with Crippen molar-refractivity contribution in [3.63, 3.8) is 0 Å². The minimum absolute atomic E-state index is 0.121. The van der Waals surface area contributed by atoms with E-state index in [0.717, 1.165) is 23.4 Å². The summed E-state index contributed by atoms with van der Waals surface area (Å²) >= 11 is 8.07. The molecule has 4 rings (SSSR count). The summed E-state index contributed by atoms with van der Waals surface area (Å²) in [6.07, 6.45) is 0. The van der Waals surface area contributed by atoms with Crippen molar-refractivity contribution < 1.29 is 4.79 Å². The Kier molecular flexibility index (Phi) is 3.07. The Morgan fingerprint density at radius 1 is 1.14 bits per heavy atom. The number of halogens is 1. The lowest BCUT2D eigenvalue weighted by molar-refractivity contribution is 0.0752. The van der Waals surface area contributed by atoms with Crippen molar-refractivity contribution in [3.8, 4) is 0 Å². The molecule has 0 saturated carbocycles. The molecule has 2 aromatic rings. The van der Waals surface area contributed by atoms with Crippen LogP contribution in [0.3, 0.4) is 0 Å². The average molecular weight is 330 g/mol. The summed E-state index contributed by atoms with van der Waals surface area (Å²) in [5, 5.41) is 0.685. The van der Waals surface area contributed by atoms with Crippen molar-refractivity contribution in [1.82, 2.24) is 4.90 Å². The molecular weight excluding hydrogens is 314 g/mol. The minimum Gasteiger partial charge on any atom is -0.315 e. The highest BCUT2D eigenvalue weighted by Gasteiger charge is 2.54. The smallest absolute Gasteiger partial charge is 0.255 e. The maximum absolute atomic E-state index is 12.8. The van der Waals surface area contributed by atoms with Crippen LogP contribution in [0.2, 0.25) is 5.02 Å². The maximum Gasteiger partial charge on any atom is 0.255 e. The first-order valence-corrected chi connectivity index (χ1v) is 8.73. The third-order valence-electron chi connectivity index (χ3n) is 4.44. The molecule has 1 fully saturated rings. The SMILES string of the molecule is Cc1cc(C)cc(C23SCCN2C(=O)c2ccc(Cl)cc23)c1. The highest BCUT2D eigenvalue weighted by Crippen LogP contribution is 2.55. The summed E-state index contributed by atoms with van der Waals surface area (Å²) in [6.45, 7) is 4.99. The van der Waals surface area contributed by atoms with Crippen molar-refractivity contribution in [3.05, 3.63) is 69.2 Å². The molecule has 0 aliphatic carbocycles. The second kappa shape index (κ2) is 4.77. The summed E-state index contributed by atoms with van der Waals surface area (Å²) in [6, 6.07) is 12.2. The van der Waals surface area contributed by atoms with E-state index in [1.807, 2.05) is 28.8 Å². The standard InChI is InChI=1S/C18H16ClNOS/c1-11-7-12(2)9-13(8-11)18-16-10-14(19)3-4-15(16)17(21)20(18)5-6-22-18/h3-4,7-10H,5-6H2,1-2H3. The van der Waals surface area contributed by atoms with Gasteiger partial charge in [0.2, 0.25) is 0 Å². The Hall–Kier alpha value is -1.45. The van der Waals surface area contributed by atoms with Crippen molar-refractivity contribution >= 4 is 29.3 Å². The number of carbonyl (C=O) groups is 1.